The van der Waals surface area contributed by atoms with E-state index in [0.717, 1.165) is 18.5 Å². The van der Waals surface area contributed by atoms with Crippen molar-refractivity contribution in [1.29, 1.82) is 0 Å². The van der Waals surface area contributed by atoms with Crippen LogP contribution in [0.5, 0.6) is 0 Å². The van der Waals surface area contributed by atoms with Crippen LogP contribution in [0.15, 0.2) is 0 Å². The van der Waals surface area contributed by atoms with Crippen LogP contribution >= 0.6 is 18.2 Å². The van der Waals surface area contributed by atoms with Crippen LogP contribution in [0.1, 0.15) is 0 Å². The monoisotopic (exact) mass is 172 g/mol. The summed E-state index contributed by atoms with van der Waals surface area (Å²) in [6.07, 6.45) is 0. The molecule has 0 heterocycles. The summed E-state index contributed by atoms with van der Waals surface area (Å²) in [5.41, 5.74) is 0. The van der Waals surface area contributed by atoms with Crippen molar-refractivity contribution in [2.24, 2.45) is 0 Å². The molecule has 0 aliphatic rings. The van der Waals surface area contributed by atoms with Crippen LogP contribution in [0, 0.1) is 0 Å². The third-order valence-corrected chi connectivity index (χ3v) is 3.70. The van der Waals surface area contributed by atoms with E-state index in [9.17, 15) is 4.57 Å². The summed E-state index contributed by atoms with van der Waals surface area (Å²) in [6.45, 7) is -3.55. The van der Waals surface area contributed by atoms with Gasteiger partial charge in [0.15, 0.2) is 0 Å². The molecule has 0 aliphatic carbocycles. The minimum atomic E-state index is -3.43. The Labute approximate surface area is 57.5 Å². The summed E-state index contributed by atoms with van der Waals surface area (Å²) in [7, 11) is 1.16. The van der Waals surface area contributed by atoms with Gasteiger partial charge in [0.1, 0.15) is 0 Å². The van der Waals surface area contributed by atoms with Crippen LogP contribution in [0.3, 0.4) is 0 Å². The van der Waals surface area contributed by atoms with Gasteiger partial charge in [-0.05, 0) is 11.4 Å². The van der Waals surface area contributed by atoms with Gasteiger partial charge in [-0.1, -0.05) is 0 Å². The van der Waals surface area contributed by atoms with Crippen molar-refractivity contribution in [2.45, 2.75) is 0 Å². The Bertz CT molecular complexity index is 116. The maximum Gasteiger partial charge on any atom is 0.386 e. The standard InChI is InChI=1S/C3H9O4PS/c1-7-8(5,6)9-3-2-4/h4H,2-3H2,1H3,(H,5,6). The predicted molar refractivity (Wildman–Crippen MR) is 36.4 cm³/mol. The molecule has 0 aliphatic heterocycles. The first-order valence-electron chi connectivity index (χ1n) is 2.26. The minimum Gasteiger partial charge on any atom is -0.396 e. The van der Waals surface area contributed by atoms with Crippen molar-refractivity contribution in [2.75, 3.05) is 19.5 Å². The van der Waals surface area contributed by atoms with E-state index in [-0.39, 0.29) is 12.4 Å². The molecular formula is C3H9O4PS. The molecule has 0 bridgehead atoms. The van der Waals surface area contributed by atoms with Gasteiger partial charge in [-0.15, -0.1) is 0 Å². The fourth-order valence-corrected chi connectivity index (χ4v) is 1.88. The summed E-state index contributed by atoms with van der Waals surface area (Å²) in [6, 6.07) is 0. The Balaban J connectivity index is 3.46. The zero-order chi connectivity index (χ0) is 7.33. The highest BCUT2D eigenvalue weighted by molar-refractivity contribution is 8.54. The summed E-state index contributed by atoms with van der Waals surface area (Å²) < 4.78 is 14.7. The highest BCUT2D eigenvalue weighted by Gasteiger charge is 2.16. The largest absolute Gasteiger partial charge is 0.396 e. The third-order valence-electron chi connectivity index (χ3n) is 0.576. The molecule has 0 saturated heterocycles. The van der Waals surface area contributed by atoms with Crippen molar-refractivity contribution >= 4 is 18.2 Å². The normalized spacial score (nSPS) is 17.2. The van der Waals surface area contributed by atoms with Crippen molar-refractivity contribution < 1.29 is 19.1 Å². The van der Waals surface area contributed by atoms with E-state index < -0.39 is 6.80 Å². The predicted octanol–water partition coefficient (Wildman–Crippen LogP) is 0.459. The SMILES string of the molecule is COP(=O)(O)SCCO. The molecule has 1 atom stereocenters. The molecule has 0 amide bonds. The molecule has 0 aromatic heterocycles. The first kappa shape index (κ1) is 9.46. The van der Waals surface area contributed by atoms with Crippen molar-refractivity contribution in [3.8, 4) is 0 Å². The Hall–Kier alpha value is 0.460. The van der Waals surface area contributed by atoms with E-state index in [1.165, 1.54) is 0 Å². The summed E-state index contributed by atoms with van der Waals surface area (Å²) >= 11 is 0.718. The number of hydrogen-bond acceptors (Lipinski definition) is 4. The summed E-state index contributed by atoms with van der Waals surface area (Å²) in [5.74, 6) is 0.224. The van der Waals surface area contributed by atoms with Crippen molar-refractivity contribution in [3.63, 3.8) is 0 Å². The summed E-state index contributed by atoms with van der Waals surface area (Å²) in [5, 5.41) is 8.22. The molecule has 56 valence electrons. The van der Waals surface area contributed by atoms with Gasteiger partial charge < -0.3 is 14.5 Å². The molecule has 0 saturated carbocycles. The average Bonchev–Trinajstić information content (AvgIpc) is 1.84. The van der Waals surface area contributed by atoms with Crippen LogP contribution in [0.4, 0.5) is 0 Å². The van der Waals surface area contributed by atoms with Gasteiger partial charge >= 0.3 is 6.80 Å². The maximum atomic E-state index is 10.5. The third kappa shape index (κ3) is 4.93. The van der Waals surface area contributed by atoms with Gasteiger partial charge in [-0.2, -0.15) is 0 Å². The molecule has 6 heteroatoms. The van der Waals surface area contributed by atoms with Crippen LogP contribution in [0.2, 0.25) is 0 Å². The van der Waals surface area contributed by atoms with Gasteiger partial charge in [-0.3, -0.25) is 0 Å². The molecule has 0 aromatic rings. The van der Waals surface area contributed by atoms with Crippen molar-refractivity contribution in [3.05, 3.63) is 0 Å². The molecule has 1 unspecified atom stereocenters. The Kier molecular flexibility index (Phi) is 4.52. The summed E-state index contributed by atoms with van der Waals surface area (Å²) in [4.78, 5) is 8.64. The minimum absolute atomic E-state index is 0.113. The fourth-order valence-electron chi connectivity index (χ4n) is 0.209. The molecule has 0 spiro atoms. The highest BCUT2D eigenvalue weighted by Crippen LogP contribution is 2.54. The van der Waals surface area contributed by atoms with Crippen LogP contribution in [0.25, 0.3) is 0 Å². The molecule has 4 nitrogen and oxygen atoms in total. The van der Waals surface area contributed by atoms with Crippen LogP contribution < -0.4 is 0 Å². The van der Waals surface area contributed by atoms with E-state index in [1.807, 2.05) is 0 Å². The second kappa shape index (κ2) is 4.30. The number of rotatable bonds is 4. The molecular weight excluding hydrogens is 163 g/mol. The Morgan fingerprint density at radius 1 is 1.78 bits per heavy atom. The molecule has 0 aromatic carbocycles. The molecule has 0 radical (unpaired) electrons. The highest BCUT2D eigenvalue weighted by atomic mass is 32.7. The first-order valence-corrected chi connectivity index (χ1v) is 5.43. The molecule has 0 fully saturated rings. The second-order valence-corrected chi connectivity index (χ2v) is 5.34. The molecule has 0 rings (SSSR count). The molecule has 2 N–H and O–H groups in total. The maximum absolute atomic E-state index is 10.5. The van der Waals surface area contributed by atoms with E-state index >= 15 is 0 Å². The van der Waals surface area contributed by atoms with Gasteiger partial charge in [0.2, 0.25) is 0 Å². The molecule has 9 heavy (non-hydrogen) atoms. The van der Waals surface area contributed by atoms with Gasteiger partial charge in [0.05, 0.1) is 6.61 Å². The lowest BCUT2D eigenvalue weighted by atomic mass is 10.9. The lowest BCUT2D eigenvalue weighted by Gasteiger charge is -2.04. The number of aliphatic hydroxyl groups is 1. The Morgan fingerprint density at radius 3 is 2.67 bits per heavy atom. The zero-order valence-electron chi connectivity index (χ0n) is 4.98. The van der Waals surface area contributed by atoms with Crippen LogP contribution in [-0.4, -0.2) is 29.5 Å². The van der Waals surface area contributed by atoms with E-state index in [1.54, 1.807) is 0 Å². The topological polar surface area (TPSA) is 66.8 Å². The van der Waals surface area contributed by atoms with Gasteiger partial charge in [-0.25, -0.2) is 4.57 Å². The van der Waals surface area contributed by atoms with E-state index in [0.29, 0.717) is 0 Å². The smallest absolute Gasteiger partial charge is 0.386 e. The zero-order valence-corrected chi connectivity index (χ0v) is 6.69. The quantitative estimate of drug-likeness (QED) is 0.603. The number of aliphatic hydroxyl groups excluding tert-OH is 1. The average molecular weight is 172 g/mol. The number of hydrogen-bond donors (Lipinski definition) is 2. The van der Waals surface area contributed by atoms with E-state index in [2.05, 4.69) is 4.52 Å². The fraction of sp³-hybridized carbons (Fsp3) is 1.00. The van der Waals surface area contributed by atoms with E-state index in [4.69, 9.17) is 10.00 Å². The van der Waals surface area contributed by atoms with Gasteiger partial charge in [0, 0.05) is 12.9 Å². The lowest BCUT2D eigenvalue weighted by molar-refractivity contribution is 0.320. The Morgan fingerprint density at radius 2 is 2.33 bits per heavy atom. The lowest BCUT2D eigenvalue weighted by Crippen LogP contribution is -1.86. The van der Waals surface area contributed by atoms with Crippen molar-refractivity contribution in [1.82, 2.24) is 0 Å². The van der Waals surface area contributed by atoms with Crippen LogP contribution in [-0.2, 0) is 9.09 Å². The van der Waals surface area contributed by atoms with Gasteiger partial charge in [0.25, 0.3) is 0 Å². The second-order valence-electron chi connectivity index (χ2n) is 1.21. The first-order chi connectivity index (χ1) is 4.12.